The van der Waals surface area contributed by atoms with Gasteiger partial charge in [0.25, 0.3) is 0 Å². The maximum Gasteiger partial charge on any atom is 0.161 e. The molecule has 0 amide bonds. The van der Waals surface area contributed by atoms with Gasteiger partial charge in [0.1, 0.15) is 0 Å². The highest BCUT2D eigenvalue weighted by Gasteiger charge is 2.55. The third kappa shape index (κ3) is 7.76. The van der Waals surface area contributed by atoms with Crippen LogP contribution in [0.1, 0.15) is 0 Å². The van der Waals surface area contributed by atoms with E-state index in [9.17, 15) is 0 Å². The van der Waals surface area contributed by atoms with Crippen LogP contribution in [-0.4, -0.2) is 8.07 Å². The van der Waals surface area contributed by atoms with Gasteiger partial charge < -0.3 is 29.4 Å². The summed E-state index contributed by atoms with van der Waals surface area (Å²) in [5, 5.41) is 5.13. The fourth-order valence-electron chi connectivity index (χ4n) is 13.0. The Morgan fingerprint density at radius 2 is 0.407 bits per heavy atom. The maximum atomic E-state index is 7.38. The number of halogens is 1. The zero-order valence-electron chi connectivity index (χ0n) is 44.4. The first kappa shape index (κ1) is 48.1. The van der Waals surface area contributed by atoms with E-state index in [0.717, 1.165) is 51.2 Å². The summed E-state index contributed by atoms with van der Waals surface area (Å²) in [5.41, 5.74) is 20.4. The van der Waals surface area contributed by atoms with Gasteiger partial charge in [0.05, 0.1) is 16.4 Å². The smallest absolute Gasteiger partial charge is 0.161 e. The van der Waals surface area contributed by atoms with Gasteiger partial charge in [0, 0.05) is 91.0 Å². The van der Waals surface area contributed by atoms with Crippen molar-refractivity contribution >= 4 is 138 Å². The minimum absolute atomic E-state index is 0.673. The van der Waals surface area contributed by atoms with Crippen molar-refractivity contribution in [3.8, 4) is 0 Å². The molecule has 0 aliphatic carbocycles. The second-order valence-corrected chi connectivity index (χ2v) is 24.9. The second kappa shape index (κ2) is 19.7. The number of fused-ring (bicyclic) bond motifs is 6. The van der Waals surface area contributed by atoms with Crippen LogP contribution in [0.2, 0.25) is 11.6 Å². The van der Waals surface area contributed by atoms with Gasteiger partial charge in [-0.25, -0.2) is 0 Å². The van der Waals surface area contributed by atoms with E-state index in [2.05, 4.69) is 327 Å². The molecular weight excluding hydrogens is 1020 g/mol. The summed E-state index contributed by atoms with van der Waals surface area (Å²) in [6.07, 6.45) is 0. The molecule has 4 aliphatic heterocycles. The molecule has 12 aromatic rings. The summed E-state index contributed by atoms with van der Waals surface area (Å²) in [6.45, 7) is 2.59. The summed E-state index contributed by atoms with van der Waals surface area (Å²) < 4.78 is 0. The van der Waals surface area contributed by atoms with Gasteiger partial charge in [0.15, 0.2) is 8.07 Å². The monoisotopic (exact) mass is 1080 g/mol. The number of para-hydroxylation sites is 6. The van der Waals surface area contributed by atoms with Crippen molar-refractivity contribution in [2.24, 2.45) is 0 Å². The number of hydrogen-bond donors (Lipinski definition) is 0. The molecule has 0 radical (unpaired) electrons. The van der Waals surface area contributed by atoms with Crippen molar-refractivity contribution in [3.63, 3.8) is 0 Å². The SMILES string of the molecule is C[Si]12c3c4cccc3N(c3ccccc3)c3cccc(c31)N(c1ccccc1)c1cccc(c12)N4c1ccccc1.Clc1c2cccc1N(c1ccccc1)c1cccc(c1)N(c1ccccc1)c1cccc(c1)N2c1ccccc1. The molecule has 8 heteroatoms. The molecule has 0 saturated heterocycles. The van der Waals surface area contributed by atoms with Gasteiger partial charge in [-0.05, 0) is 173 Å². The van der Waals surface area contributed by atoms with Crippen LogP contribution in [0.15, 0.2) is 303 Å². The molecule has 0 aromatic heterocycles. The largest absolute Gasteiger partial charge is 0.311 e. The van der Waals surface area contributed by atoms with E-state index in [-0.39, 0.29) is 0 Å². The molecule has 16 rings (SSSR count). The summed E-state index contributed by atoms with van der Waals surface area (Å²) in [4.78, 5) is 14.3. The van der Waals surface area contributed by atoms with Crippen molar-refractivity contribution < 1.29 is 0 Å². The van der Waals surface area contributed by atoms with Crippen molar-refractivity contribution in [1.29, 1.82) is 0 Å². The summed E-state index contributed by atoms with van der Waals surface area (Å²) >= 11 is 7.38. The van der Waals surface area contributed by atoms with E-state index in [0.29, 0.717) is 5.02 Å². The highest BCUT2D eigenvalue weighted by Crippen LogP contribution is 2.54. The fourth-order valence-corrected chi connectivity index (χ4v) is 18.3. The minimum atomic E-state index is -2.46. The Hall–Kier alpha value is -10.1. The van der Waals surface area contributed by atoms with E-state index in [1.54, 1.807) is 0 Å². The van der Waals surface area contributed by atoms with Crippen molar-refractivity contribution in [2.45, 2.75) is 6.55 Å². The lowest BCUT2D eigenvalue weighted by atomic mass is 10.1. The number of nitrogens with zero attached hydrogens (tertiary/aromatic N) is 6. The molecule has 0 N–H and O–H groups in total. The first-order valence-corrected chi connectivity index (χ1v) is 30.4. The van der Waals surface area contributed by atoms with Gasteiger partial charge in [-0.2, -0.15) is 0 Å². The molecule has 4 aliphatic rings. The highest BCUT2D eigenvalue weighted by atomic mass is 35.5. The van der Waals surface area contributed by atoms with Crippen LogP contribution >= 0.6 is 11.6 Å². The third-order valence-electron chi connectivity index (χ3n) is 16.2. The van der Waals surface area contributed by atoms with Crippen LogP contribution < -0.4 is 45.0 Å². The van der Waals surface area contributed by atoms with Crippen molar-refractivity contribution in [2.75, 3.05) is 29.4 Å². The first-order valence-electron chi connectivity index (χ1n) is 27.5. The number of benzene rings is 12. The van der Waals surface area contributed by atoms with Gasteiger partial charge in [-0.1, -0.05) is 164 Å². The van der Waals surface area contributed by atoms with Gasteiger partial charge >= 0.3 is 0 Å². The van der Waals surface area contributed by atoms with E-state index in [1.807, 2.05) is 12.1 Å². The molecule has 0 unspecified atom stereocenters. The zero-order valence-corrected chi connectivity index (χ0v) is 46.2. The van der Waals surface area contributed by atoms with Crippen molar-refractivity contribution in [3.05, 3.63) is 308 Å². The summed E-state index contributed by atoms with van der Waals surface area (Å²) in [7, 11) is -2.46. The molecule has 4 heterocycles. The lowest BCUT2D eigenvalue weighted by molar-refractivity contribution is 1.21. The first-order chi connectivity index (χ1) is 40.0. The predicted octanol–water partition coefficient (Wildman–Crippen LogP) is 19.2. The minimum Gasteiger partial charge on any atom is -0.311 e. The molecule has 0 spiro atoms. The van der Waals surface area contributed by atoms with E-state index in [4.69, 9.17) is 11.6 Å². The number of rotatable bonds is 6. The van der Waals surface area contributed by atoms with Crippen LogP contribution in [0, 0.1) is 0 Å². The van der Waals surface area contributed by atoms with Gasteiger partial charge in [-0.15, -0.1) is 0 Å². The average molecular weight is 1080 g/mol. The Morgan fingerprint density at radius 1 is 0.210 bits per heavy atom. The molecule has 6 nitrogen and oxygen atoms in total. The lowest BCUT2D eigenvalue weighted by Crippen LogP contribution is -2.74. The summed E-state index contributed by atoms with van der Waals surface area (Å²) in [5.74, 6) is 0. The fraction of sp³-hybridized carbons (Fsp3) is 0.0137. The standard InChI is InChI=1S/C37H27N3Si.C36H26ClN3/c1-41-35-29-20-11-22-31(35)39(27-16-7-3-8-17-27)33-24-13-25-34(37(33)41)40(28-18-9-4-10-19-28)32-23-12-21-30(36(32)41)38(29)26-14-5-2-6-15-26;37-36-34-23-12-24-35(36)40(29-17-8-3-9-18-29)33-22-11-20-31(26-33)38(27-13-4-1-5-14-27)30-19-10-21-32(25-30)39(34)28-15-6-2-7-16-28/h2-25H,1H3;1-26H. The third-order valence-corrected chi connectivity index (χ3v) is 21.1. The maximum absolute atomic E-state index is 7.38. The van der Waals surface area contributed by atoms with E-state index in [1.165, 1.54) is 66.7 Å². The van der Waals surface area contributed by atoms with Gasteiger partial charge in [0.2, 0.25) is 0 Å². The Bertz CT molecular complexity index is 3900. The van der Waals surface area contributed by atoms with Crippen LogP contribution in [0.4, 0.5) is 102 Å². The van der Waals surface area contributed by atoms with Crippen LogP contribution in [0.3, 0.4) is 0 Å². The predicted molar refractivity (Wildman–Crippen MR) is 344 cm³/mol. The molecule has 386 valence electrons. The molecule has 0 atom stereocenters. The molecule has 0 saturated carbocycles. The normalized spacial score (nSPS) is 13.8. The zero-order chi connectivity index (χ0) is 54.0. The van der Waals surface area contributed by atoms with E-state index >= 15 is 0 Å². The Morgan fingerprint density at radius 3 is 0.679 bits per heavy atom. The Balaban J connectivity index is 0.000000139. The topological polar surface area (TPSA) is 19.4 Å². The Kier molecular flexibility index (Phi) is 11.7. The highest BCUT2D eigenvalue weighted by molar-refractivity contribution is 7.16. The van der Waals surface area contributed by atoms with E-state index < -0.39 is 8.07 Å². The molecule has 0 fully saturated rings. The molecule has 12 aromatic carbocycles. The summed E-state index contributed by atoms with van der Waals surface area (Å²) in [6, 6.07) is 108. The van der Waals surface area contributed by atoms with Crippen LogP contribution in [0.25, 0.3) is 0 Å². The molecular formula is C73H53ClN6Si. The second-order valence-electron chi connectivity index (χ2n) is 20.8. The van der Waals surface area contributed by atoms with Gasteiger partial charge in [-0.3, -0.25) is 0 Å². The number of hydrogen-bond acceptors (Lipinski definition) is 6. The molecule has 6 bridgehead atoms. The van der Waals surface area contributed by atoms with Crippen LogP contribution in [-0.2, 0) is 0 Å². The quantitative estimate of drug-likeness (QED) is 0.154. The Labute approximate surface area is 479 Å². The van der Waals surface area contributed by atoms with Crippen molar-refractivity contribution in [1.82, 2.24) is 0 Å². The number of anilines is 18. The van der Waals surface area contributed by atoms with Crippen LogP contribution in [0.5, 0.6) is 0 Å². The average Bonchev–Trinajstić information content (AvgIpc) is 2.85. The molecule has 81 heavy (non-hydrogen) atoms. The lowest BCUT2D eigenvalue weighted by Gasteiger charge is -2.54.